The molecule has 1 N–H and O–H groups in total. The van der Waals surface area contributed by atoms with Crippen molar-refractivity contribution in [2.24, 2.45) is 0 Å². The molecule has 0 heterocycles. The Morgan fingerprint density at radius 3 is 2.63 bits per heavy atom. The van der Waals surface area contributed by atoms with Crippen molar-refractivity contribution in [1.29, 1.82) is 5.26 Å². The number of rotatable bonds is 2. The number of nitrogens with zero attached hydrogens (tertiary/aromatic N) is 1. The summed E-state index contributed by atoms with van der Waals surface area (Å²) in [5, 5.41) is 19.4. The van der Waals surface area contributed by atoms with Crippen molar-refractivity contribution in [3.63, 3.8) is 0 Å². The molecule has 0 amide bonds. The molecule has 0 saturated heterocycles. The minimum absolute atomic E-state index is 0.168. The Kier molecular flexibility index (Phi) is 3.46. The summed E-state index contributed by atoms with van der Waals surface area (Å²) in [6, 6.07) is 9.26. The lowest BCUT2D eigenvalue weighted by atomic mass is 9.77. The third-order valence-corrected chi connectivity index (χ3v) is 3.55. The predicted octanol–water partition coefficient (Wildman–Crippen LogP) is 3.42. The van der Waals surface area contributed by atoms with Gasteiger partial charge in [0.2, 0.25) is 0 Å². The molecule has 0 unspecified atom stereocenters. The lowest BCUT2D eigenvalue weighted by molar-refractivity contribution is 0.0567. The molecule has 0 radical (unpaired) electrons. The molecule has 1 aromatic carbocycles. The van der Waals surface area contributed by atoms with E-state index in [1.807, 2.05) is 32.1 Å². The molecule has 1 atom stereocenters. The monoisotopic (exact) mass is 255 g/mol. The van der Waals surface area contributed by atoms with Gasteiger partial charge in [0.1, 0.15) is 5.75 Å². The summed E-state index contributed by atoms with van der Waals surface area (Å²) in [5.41, 5.74) is 2.46. The lowest BCUT2D eigenvalue weighted by Crippen LogP contribution is -2.32. The van der Waals surface area contributed by atoms with Crippen molar-refractivity contribution in [2.75, 3.05) is 7.11 Å². The van der Waals surface area contributed by atoms with Gasteiger partial charge in [0.25, 0.3) is 0 Å². The van der Waals surface area contributed by atoms with Gasteiger partial charge in [-0.15, -0.1) is 0 Å². The second-order valence-electron chi connectivity index (χ2n) is 5.02. The summed E-state index contributed by atoms with van der Waals surface area (Å²) in [4.78, 5) is 0. The highest BCUT2D eigenvalue weighted by atomic mass is 16.5. The first-order valence-electron chi connectivity index (χ1n) is 6.17. The zero-order chi connectivity index (χ0) is 14.0. The van der Waals surface area contributed by atoms with Crippen molar-refractivity contribution in [2.45, 2.75) is 25.9 Å². The number of hydrogen-bond donors (Lipinski definition) is 1. The number of allylic oxidation sites excluding steroid dienone is 2. The van der Waals surface area contributed by atoms with E-state index >= 15 is 0 Å². The van der Waals surface area contributed by atoms with E-state index in [-0.39, 0.29) is 5.75 Å². The average molecular weight is 255 g/mol. The van der Waals surface area contributed by atoms with Gasteiger partial charge in [0, 0.05) is 24.7 Å². The number of aromatic hydroxyl groups is 1. The van der Waals surface area contributed by atoms with Crippen LogP contribution in [0, 0.1) is 11.3 Å². The van der Waals surface area contributed by atoms with E-state index in [2.05, 4.69) is 6.07 Å². The molecule has 98 valence electrons. The Morgan fingerprint density at radius 2 is 2.05 bits per heavy atom. The molecule has 0 fully saturated rings. The fourth-order valence-electron chi connectivity index (χ4n) is 2.65. The SMILES string of the molecule is CO[C@]1(C)CC(C)=CC(C#N)=C1c1ccccc1O. The third-order valence-electron chi connectivity index (χ3n) is 3.55. The Morgan fingerprint density at radius 1 is 1.37 bits per heavy atom. The van der Waals surface area contributed by atoms with Crippen LogP contribution in [0.2, 0.25) is 0 Å². The number of benzene rings is 1. The highest BCUT2D eigenvalue weighted by Crippen LogP contribution is 2.43. The van der Waals surface area contributed by atoms with Crippen LogP contribution < -0.4 is 0 Å². The number of methoxy groups -OCH3 is 1. The van der Waals surface area contributed by atoms with E-state index < -0.39 is 5.60 Å². The zero-order valence-electron chi connectivity index (χ0n) is 11.4. The van der Waals surface area contributed by atoms with Crippen LogP contribution in [-0.4, -0.2) is 17.8 Å². The molecule has 0 bridgehead atoms. The van der Waals surface area contributed by atoms with E-state index in [9.17, 15) is 10.4 Å². The molecule has 0 saturated carbocycles. The van der Waals surface area contributed by atoms with E-state index in [0.717, 1.165) is 11.1 Å². The zero-order valence-corrected chi connectivity index (χ0v) is 11.4. The lowest BCUT2D eigenvalue weighted by Gasteiger charge is -2.35. The Bertz CT molecular complexity index is 607. The van der Waals surface area contributed by atoms with Gasteiger partial charge in [0.15, 0.2) is 0 Å². The van der Waals surface area contributed by atoms with Gasteiger partial charge in [-0.3, -0.25) is 0 Å². The molecule has 2 rings (SSSR count). The maximum Gasteiger partial charge on any atom is 0.123 e. The van der Waals surface area contributed by atoms with Gasteiger partial charge in [-0.25, -0.2) is 0 Å². The van der Waals surface area contributed by atoms with Crippen molar-refractivity contribution in [1.82, 2.24) is 0 Å². The van der Waals surface area contributed by atoms with Crippen molar-refractivity contribution >= 4 is 5.57 Å². The van der Waals surface area contributed by atoms with Crippen LogP contribution in [-0.2, 0) is 4.74 Å². The molecule has 3 heteroatoms. The van der Waals surface area contributed by atoms with E-state index in [1.165, 1.54) is 0 Å². The third kappa shape index (κ3) is 2.27. The number of para-hydroxylation sites is 1. The molecule has 0 aromatic heterocycles. The number of phenols is 1. The fourth-order valence-corrected chi connectivity index (χ4v) is 2.65. The fraction of sp³-hybridized carbons (Fsp3) is 0.312. The smallest absolute Gasteiger partial charge is 0.123 e. The Hall–Kier alpha value is -2.05. The Balaban J connectivity index is 2.74. The highest BCUT2D eigenvalue weighted by molar-refractivity contribution is 5.84. The molecular formula is C16H17NO2. The van der Waals surface area contributed by atoms with Crippen LogP contribution in [0.25, 0.3) is 5.57 Å². The summed E-state index contributed by atoms with van der Waals surface area (Å²) in [6.45, 7) is 3.93. The van der Waals surface area contributed by atoms with Gasteiger partial charge in [-0.1, -0.05) is 23.8 Å². The maximum absolute atomic E-state index is 10.0. The number of ether oxygens (including phenoxy) is 1. The van der Waals surface area contributed by atoms with Gasteiger partial charge in [-0.05, 0) is 26.0 Å². The topological polar surface area (TPSA) is 53.2 Å². The normalized spacial score (nSPS) is 22.9. The van der Waals surface area contributed by atoms with Crippen molar-refractivity contribution in [3.8, 4) is 11.8 Å². The predicted molar refractivity (Wildman–Crippen MR) is 74.4 cm³/mol. The molecule has 3 nitrogen and oxygen atoms in total. The second-order valence-corrected chi connectivity index (χ2v) is 5.02. The van der Waals surface area contributed by atoms with Crippen LogP contribution in [0.3, 0.4) is 0 Å². The van der Waals surface area contributed by atoms with Gasteiger partial charge < -0.3 is 9.84 Å². The van der Waals surface area contributed by atoms with Crippen LogP contribution >= 0.6 is 0 Å². The first-order valence-corrected chi connectivity index (χ1v) is 6.17. The largest absolute Gasteiger partial charge is 0.507 e. The van der Waals surface area contributed by atoms with Crippen molar-refractivity contribution < 1.29 is 9.84 Å². The summed E-state index contributed by atoms with van der Waals surface area (Å²) < 4.78 is 5.64. The van der Waals surface area contributed by atoms with Crippen LogP contribution in [0.4, 0.5) is 0 Å². The Labute approximate surface area is 113 Å². The van der Waals surface area contributed by atoms with Crippen LogP contribution in [0.15, 0.2) is 41.5 Å². The molecule has 1 aliphatic rings. The first-order chi connectivity index (χ1) is 9.01. The summed E-state index contributed by atoms with van der Waals surface area (Å²) in [5.74, 6) is 0.168. The van der Waals surface area contributed by atoms with Crippen molar-refractivity contribution in [3.05, 3.63) is 47.1 Å². The molecule has 0 spiro atoms. The van der Waals surface area contributed by atoms with Crippen LogP contribution in [0.5, 0.6) is 5.75 Å². The number of nitriles is 1. The van der Waals surface area contributed by atoms with Gasteiger partial charge in [-0.2, -0.15) is 5.26 Å². The van der Waals surface area contributed by atoms with E-state index in [1.54, 1.807) is 19.2 Å². The summed E-state index contributed by atoms with van der Waals surface area (Å²) in [7, 11) is 1.63. The summed E-state index contributed by atoms with van der Waals surface area (Å²) in [6.07, 6.45) is 2.57. The molecule has 19 heavy (non-hydrogen) atoms. The molecule has 1 aliphatic carbocycles. The number of hydrogen-bond acceptors (Lipinski definition) is 3. The first kappa shape index (κ1) is 13.4. The minimum atomic E-state index is -0.595. The molecule has 0 aliphatic heterocycles. The minimum Gasteiger partial charge on any atom is -0.507 e. The van der Waals surface area contributed by atoms with E-state index in [0.29, 0.717) is 17.6 Å². The summed E-state index contributed by atoms with van der Waals surface area (Å²) >= 11 is 0. The quantitative estimate of drug-likeness (QED) is 0.880. The van der Waals surface area contributed by atoms with Crippen LogP contribution in [0.1, 0.15) is 25.8 Å². The number of phenolic OH excluding ortho intramolecular Hbond substituents is 1. The van der Waals surface area contributed by atoms with Gasteiger partial charge >= 0.3 is 0 Å². The van der Waals surface area contributed by atoms with Gasteiger partial charge in [0.05, 0.1) is 17.2 Å². The molecule has 1 aromatic rings. The standard InChI is InChI=1S/C16H17NO2/c1-11-8-12(10-17)15(16(2,9-11)19-3)13-6-4-5-7-14(13)18/h4-8,18H,9H2,1-3H3/t16-/m1/s1. The van der Waals surface area contributed by atoms with E-state index in [4.69, 9.17) is 4.74 Å². The highest BCUT2D eigenvalue weighted by Gasteiger charge is 2.36. The molecular weight excluding hydrogens is 238 g/mol. The second kappa shape index (κ2) is 4.91. The average Bonchev–Trinajstić information content (AvgIpc) is 2.39. The maximum atomic E-state index is 10.0.